The molecule has 0 saturated heterocycles. The van der Waals surface area contributed by atoms with Gasteiger partial charge in [-0.05, 0) is 18.4 Å². The molecule has 15 heavy (non-hydrogen) atoms. The molecule has 0 saturated carbocycles. The molecule has 0 aromatic carbocycles. The van der Waals surface area contributed by atoms with E-state index in [1.54, 1.807) is 18.3 Å². The summed E-state index contributed by atoms with van der Waals surface area (Å²) in [7, 11) is 1.35. The van der Waals surface area contributed by atoms with Crippen molar-refractivity contribution in [3.8, 4) is 0 Å². The van der Waals surface area contributed by atoms with Gasteiger partial charge in [0.2, 0.25) is 5.60 Å². The van der Waals surface area contributed by atoms with E-state index in [2.05, 4.69) is 9.89 Å². The lowest BCUT2D eigenvalue weighted by Crippen LogP contribution is -2.36. The van der Waals surface area contributed by atoms with Crippen LogP contribution in [0.3, 0.4) is 0 Å². The minimum atomic E-state index is -0.964. The summed E-state index contributed by atoms with van der Waals surface area (Å²) in [6.07, 6.45) is 0.459. The SMILES string of the molecule is COC(=O)C1(C)CC(c2cccs2)=NO1. The summed E-state index contributed by atoms with van der Waals surface area (Å²) < 4.78 is 4.67. The first-order chi connectivity index (χ1) is 7.15. The van der Waals surface area contributed by atoms with Crippen molar-refractivity contribution in [2.24, 2.45) is 5.16 Å². The van der Waals surface area contributed by atoms with Crippen LogP contribution in [0.2, 0.25) is 0 Å². The summed E-state index contributed by atoms with van der Waals surface area (Å²) in [6, 6.07) is 3.90. The zero-order valence-electron chi connectivity index (χ0n) is 8.52. The van der Waals surface area contributed by atoms with Gasteiger partial charge < -0.3 is 9.57 Å². The number of rotatable bonds is 2. The first-order valence-corrected chi connectivity index (χ1v) is 5.41. The molecule has 0 N–H and O–H groups in total. The van der Waals surface area contributed by atoms with Gasteiger partial charge in [-0.1, -0.05) is 11.2 Å². The molecule has 0 spiro atoms. The number of carbonyl (C=O) groups excluding carboxylic acids is 1. The van der Waals surface area contributed by atoms with Crippen LogP contribution >= 0.6 is 11.3 Å². The van der Waals surface area contributed by atoms with Gasteiger partial charge in [0, 0.05) is 6.42 Å². The molecule has 80 valence electrons. The molecule has 1 aromatic heterocycles. The van der Waals surface area contributed by atoms with Crippen molar-refractivity contribution in [3.63, 3.8) is 0 Å². The van der Waals surface area contributed by atoms with Gasteiger partial charge in [-0.25, -0.2) is 4.79 Å². The van der Waals surface area contributed by atoms with Gasteiger partial charge in [-0.2, -0.15) is 0 Å². The highest BCUT2D eigenvalue weighted by Crippen LogP contribution is 2.28. The third kappa shape index (κ3) is 1.74. The molecule has 0 bridgehead atoms. The first-order valence-electron chi connectivity index (χ1n) is 4.53. The number of hydrogen-bond donors (Lipinski definition) is 0. The molecular weight excluding hydrogens is 214 g/mol. The molecule has 2 rings (SSSR count). The Morgan fingerprint density at radius 2 is 2.53 bits per heavy atom. The van der Waals surface area contributed by atoms with E-state index in [0.717, 1.165) is 10.6 Å². The van der Waals surface area contributed by atoms with E-state index < -0.39 is 11.6 Å². The summed E-state index contributed by atoms with van der Waals surface area (Å²) in [6.45, 7) is 1.68. The minimum absolute atomic E-state index is 0.391. The number of esters is 1. The molecule has 0 aliphatic carbocycles. The number of ether oxygens (including phenoxy) is 1. The summed E-state index contributed by atoms with van der Waals surface area (Å²) in [4.78, 5) is 17.6. The number of carbonyl (C=O) groups is 1. The van der Waals surface area contributed by atoms with Crippen LogP contribution in [0.1, 0.15) is 18.2 Å². The van der Waals surface area contributed by atoms with E-state index in [0.29, 0.717) is 6.42 Å². The van der Waals surface area contributed by atoms with Crippen molar-refractivity contribution in [3.05, 3.63) is 22.4 Å². The largest absolute Gasteiger partial charge is 0.466 e. The Hall–Kier alpha value is -1.36. The molecule has 1 atom stereocenters. The standard InChI is InChI=1S/C10H11NO3S/c1-10(9(12)13-2)6-7(11-14-10)8-4-3-5-15-8/h3-5H,6H2,1-2H3. The van der Waals surface area contributed by atoms with Crippen LogP contribution in [0.25, 0.3) is 0 Å². The zero-order chi connectivity index (χ0) is 10.9. The lowest BCUT2D eigenvalue weighted by Gasteiger charge is -2.17. The fourth-order valence-corrected chi connectivity index (χ4v) is 2.15. The van der Waals surface area contributed by atoms with Crippen molar-refractivity contribution in [2.45, 2.75) is 18.9 Å². The van der Waals surface area contributed by atoms with E-state index in [-0.39, 0.29) is 0 Å². The van der Waals surface area contributed by atoms with Crippen LogP contribution < -0.4 is 0 Å². The minimum Gasteiger partial charge on any atom is -0.466 e. The second-order valence-corrected chi connectivity index (χ2v) is 4.45. The Morgan fingerprint density at radius 1 is 1.73 bits per heavy atom. The molecule has 2 heterocycles. The van der Waals surface area contributed by atoms with Gasteiger partial charge in [-0.15, -0.1) is 11.3 Å². The predicted octanol–water partition coefficient (Wildman–Crippen LogP) is 1.80. The van der Waals surface area contributed by atoms with Crippen LogP contribution in [0.5, 0.6) is 0 Å². The maximum atomic E-state index is 11.4. The van der Waals surface area contributed by atoms with Crippen LogP contribution in [-0.2, 0) is 14.4 Å². The average molecular weight is 225 g/mol. The van der Waals surface area contributed by atoms with Crippen molar-refractivity contribution >= 4 is 23.0 Å². The second kappa shape index (κ2) is 3.66. The van der Waals surface area contributed by atoms with Crippen LogP contribution in [0, 0.1) is 0 Å². The van der Waals surface area contributed by atoms with E-state index in [1.807, 2.05) is 17.5 Å². The Balaban J connectivity index is 2.14. The second-order valence-electron chi connectivity index (χ2n) is 3.51. The topological polar surface area (TPSA) is 47.9 Å². The number of nitrogens with zero attached hydrogens (tertiary/aromatic N) is 1. The zero-order valence-corrected chi connectivity index (χ0v) is 9.34. The highest BCUT2D eigenvalue weighted by atomic mass is 32.1. The van der Waals surface area contributed by atoms with Gasteiger partial charge >= 0.3 is 5.97 Å². The van der Waals surface area contributed by atoms with E-state index in [9.17, 15) is 4.79 Å². The molecule has 0 radical (unpaired) electrons. The van der Waals surface area contributed by atoms with Crippen molar-refractivity contribution in [1.82, 2.24) is 0 Å². The smallest absolute Gasteiger partial charge is 0.353 e. The first kappa shape index (κ1) is 10.2. The maximum Gasteiger partial charge on any atom is 0.353 e. The molecule has 1 aliphatic heterocycles. The van der Waals surface area contributed by atoms with Crippen molar-refractivity contribution in [1.29, 1.82) is 0 Å². The summed E-state index contributed by atoms with van der Waals surface area (Å²) in [5, 5.41) is 5.89. The number of hydrogen-bond acceptors (Lipinski definition) is 5. The van der Waals surface area contributed by atoms with E-state index >= 15 is 0 Å². The van der Waals surface area contributed by atoms with Gasteiger partial charge in [0.25, 0.3) is 0 Å². The highest BCUT2D eigenvalue weighted by Gasteiger charge is 2.43. The molecule has 1 aromatic rings. The Labute approximate surface area is 91.5 Å². The quantitative estimate of drug-likeness (QED) is 0.721. The van der Waals surface area contributed by atoms with Crippen LogP contribution in [0.4, 0.5) is 0 Å². The van der Waals surface area contributed by atoms with Crippen molar-refractivity contribution < 1.29 is 14.4 Å². The van der Waals surface area contributed by atoms with Crippen molar-refractivity contribution in [2.75, 3.05) is 7.11 Å². The predicted molar refractivity (Wildman–Crippen MR) is 57.0 cm³/mol. The molecule has 4 nitrogen and oxygen atoms in total. The lowest BCUT2D eigenvalue weighted by molar-refractivity contribution is -0.164. The van der Waals surface area contributed by atoms with E-state index in [4.69, 9.17) is 4.84 Å². The fourth-order valence-electron chi connectivity index (χ4n) is 1.44. The summed E-state index contributed by atoms with van der Waals surface area (Å²) in [5.41, 5.74) is -0.161. The van der Waals surface area contributed by atoms with Gasteiger partial charge in [-0.3, -0.25) is 0 Å². The fraction of sp³-hybridized carbons (Fsp3) is 0.400. The molecular formula is C10H11NO3S. The van der Waals surface area contributed by atoms with Gasteiger partial charge in [0.05, 0.1) is 12.0 Å². The monoisotopic (exact) mass is 225 g/mol. The van der Waals surface area contributed by atoms with Crippen LogP contribution in [-0.4, -0.2) is 24.4 Å². The summed E-state index contributed by atoms with van der Waals surface area (Å²) in [5.74, 6) is -0.391. The van der Waals surface area contributed by atoms with Gasteiger partial charge in [0.15, 0.2) is 0 Å². The van der Waals surface area contributed by atoms with E-state index in [1.165, 1.54) is 7.11 Å². The molecule has 1 aliphatic rings. The Bertz CT molecular complexity index is 399. The lowest BCUT2D eigenvalue weighted by atomic mass is 9.99. The molecule has 0 fully saturated rings. The average Bonchev–Trinajstić information content (AvgIpc) is 2.85. The summed E-state index contributed by atoms with van der Waals surface area (Å²) >= 11 is 1.58. The van der Waals surface area contributed by atoms with Crippen LogP contribution in [0.15, 0.2) is 22.7 Å². The number of thiophene rings is 1. The Morgan fingerprint density at radius 3 is 3.13 bits per heavy atom. The van der Waals surface area contributed by atoms with Gasteiger partial charge in [0.1, 0.15) is 5.71 Å². The third-order valence-corrected chi connectivity index (χ3v) is 3.20. The normalized spacial score (nSPS) is 24.5. The maximum absolute atomic E-state index is 11.4. The number of oxime groups is 1. The molecule has 1 unspecified atom stereocenters. The molecule has 5 heteroatoms. The Kier molecular flexibility index (Phi) is 2.48. The third-order valence-electron chi connectivity index (χ3n) is 2.28. The number of methoxy groups -OCH3 is 1. The highest BCUT2D eigenvalue weighted by molar-refractivity contribution is 7.12. The molecule has 0 amide bonds.